The van der Waals surface area contributed by atoms with E-state index in [0.717, 1.165) is 44.8 Å². The van der Waals surface area contributed by atoms with Gasteiger partial charge in [-0.15, -0.1) is 0 Å². The van der Waals surface area contributed by atoms with Crippen molar-refractivity contribution in [2.75, 3.05) is 56.5 Å². The molecule has 6 heterocycles. The summed E-state index contributed by atoms with van der Waals surface area (Å²) in [6, 6.07) is 6.10. The smallest absolute Gasteiger partial charge is 0.315 e. The number of aromatic nitrogens is 8. The first kappa shape index (κ1) is 41.6. The summed E-state index contributed by atoms with van der Waals surface area (Å²) >= 11 is 0. The SMILES string of the molecule is CCn1nc(C)cc1C(=O)Nc1nc2c(n1C/C=C/Cn1c(NC(=O)c3cc(C)nn3CC)nc3cc(C(N)=O)cc(OCCCN4CCNCC4)c31)CCN(C(N)=O)C2. The van der Waals surface area contributed by atoms with E-state index in [-0.39, 0.29) is 30.5 Å². The Hall–Kier alpha value is -6.54. The van der Waals surface area contributed by atoms with Gasteiger partial charge in [0.1, 0.15) is 22.7 Å². The largest absolute Gasteiger partial charge is 0.491 e. The Kier molecular flexibility index (Phi) is 12.6. The number of fused-ring (bicyclic) bond motifs is 2. The summed E-state index contributed by atoms with van der Waals surface area (Å²) in [5.41, 5.74) is 16.3. The first-order chi connectivity index (χ1) is 28.9. The summed E-state index contributed by atoms with van der Waals surface area (Å²) in [7, 11) is 0. The lowest BCUT2D eigenvalue weighted by Crippen LogP contribution is -2.43. The average molecular weight is 824 g/mol. The molecule has 0 bridgehead atoms. The highest BCUT2D eigenvalue weighted by Crippen LogP contribution is 2.32. The van der Waals surface area contributed by atoms with Crippen LogP contribution in [0, 0.1) is 13.8 Å². The summed E-state index contributed by atoms with van der Waals surface area (Å²) in [6.07, 6.45) is 5.08. The Morgan fingerprint density at radius 2 is 1.45 bits per heavy atom. The number of primary amides is 2. The quantitative estimate of drug-likeness (QED) is 0.0714. The van der Waals surface area contributed by atoms with Gasteiger partial charge in [-0.1, -0.05) is 12.2 Å². The van der Waals surface area contributed by atoms with E-state index in [1.807, 2.05) is 49.0 Å². The molecule has 1 saturated heterocycles. The molecule has 0 atom stereocenters. The molecule has 0 radical (unpaired) electrons. The maximum absolute atomic E-state index is 13.8. The van der Waals surface area contributed by atoms with Crippen LogP contribution in [0.4, 0.5) is 16.7 Å². The molecular formula is C40H53N15O5. The Balaban J connectivity index is 1.20. The predicted molar refractivity (Wildman–Crippen MR) is 224 cm³/mol. The van der Waals surface area contributed by atoms with Gasteiger partial charge in [0.25, 0.3) is 11.8 Å². The van der Waals surface area contributed by atoms with Gasteiger partial charge in [0.05, 0.1) is 35.8 Å². The van der Waals surface area contributed by atoms with Crippen molar-refractivity contribution in [3.63, 3.8) is 0 Å². The molecule has 20 heteroatoms. The van der Waals surface area contributed by atoms with Crippen LogP contribution >= 0.6 is 0 Å². The third-order valence-corrected chi connectivity index (χ3v) is 10.7. The van der Waals surface area contributed by atoms with Crippen LogP contribution in [0.25, 0.3) is 11.0 Å². The molecule has 0 saturated carbocycles. The monoisotopic (exact) mass is 823 g/mol. The zero-order valence-corrected chi connectivity index (χ0v) is 34.5. The number of amides is 5. The van der Waals surface area contributed by atoms with Crippen molar-refractivity contribution >= 4 is 46.7 Å². The number of anilines is 2. The Labute approximate surface area is 346 Å². The molecule has 7 rings (SSSR count). The number of piperazine rings is 1. The minimum absolute atomic E-state index is 0.210. The molecule has 0 spiro atoms. The molecule has 0 unspecified atom stereocenters. The maximum atomic E-state index is 13.8. The van der Waals surface area contributed by atoms with Gasteiger partial charge in [-0.05, 0) is 58.4 Å². The number of allylic oxidation sites excluding steroid dienone is 2. The van der Waals surface area contributed by atoms with Gasteiger partial charge in [0.15, 0.2) is 0 Å². The van der Waals surface area contributed by atoms with E-state index >= 15 is 0 Å². The van der Waals surface area contributed by atoms with E-state index < -0.39 is 17.8 Å². The van der Waals surface area contributed by atoms with Gasteiger partial charge in [-0.2, -0.15) is 10.2 Å². The second-order valence-electron chi connectivity index (χ2n) is 14.8. The fraction of sp³-hybridized carbons (Fsp3) is 0.450. The first-order valence-electron chi connectivity index (χ1n) is 20.3. The van der Waals surface area contributed by atoms with E-state index in [4.69, 9.17) is 26.2 Å². The van der Waals surface area contributed by atoms with E-state index in [2.05, 4.69) is 31.0 Å². The second-order valence-corrected chi connectivity index (χ2v) is 14.8. The number of rotatable bonds is 16. The van der Waals surface area contributed by atoms with Crippen molar-refractivity contribution in [1.82, 2.24) is 53.8 Å². The number of aryl methyl sites for hydroxylation is 4. The lowest BCUT2D eigenvalue weighted by Gasteiger charge is -2.27. The topological polar surface area (TPSA) is 243 Å². The molecule has 4 aromatic heterocycles. The number of hydrogen-bond donors (Lipinski definition) is 5. The second kappa shape index (κ2) is 18.2. The van der Waals surface area contributed by atoms with Gasteiger partial charge in [-0.25, -0.2) is 14.8 Å². The molecular weight excluding hydrogens is 771 g/mol. The number of nitrogens with one attached hydrogen (secondary N) is 3. The lowest BCUT2D eigenvalue weighted by atomic mass is 10.1. The highest BCUT2D eigenvalue weighted by molar-refractivity contribution is 6.04. The number of imidazole rings is 2. The Bertz CT molecular complexity index is 2430. The van der Waals surface area contributed by atoms with Crippen LogP contribution in [0.2, 0.25) is 0 Å². The van der Waals surface area contributed by atoms with Crippen LogP contribution in [0.1, 0.15) is 74.4 Å². The molecule has 318 valence electrons. The molecule has 1 fully saturated rings. The van der Waals surface area contributed by atoms with Crippen molar-refractivity contribution in [3.05, 3.63) is 76.1 Å². The minimum Gasteiger partial charge on any atom is -0.491 e. The van der Waals surface area contributed by atoms with Crippen LogP contribution in [0.5, 0.6) is 5.75 Å². The number of nitrogens with two attached hydrogens (primary N) is 2. The molecule has 1 aromatic carbocycles. The number of nitrogens with zero attached hydrogens (tertiary/aromatic N) is 10. The number of carbonyl (C=O) groups is 4. The molecule has 7 N–H and O–H groups in total. The highest BCUT2D eigenvalue weighted by atomic mass is 16.5. The summed E-state index contributed by atoms with van der Waals surface area (Å²) < 4.78 is 13.4. The van der Waals surface area contributed by atoms with Crippen molar-refractivity contribution in [3.8, 4) is 5.75 Å². The van der Waals surface area contributed by atoms with Crippen molar-refractivity contribution < 1.29 is 23.9 Å². The van der Waals surface area contributed by atoms with E-state index in [0.29, 0.717) is 90.4 Å². The Morgan fingerprint density at radius 3 is 2.05 bits per heavy atom. The molecule has 5 aromatic rings. The molecule has 60 heavy (non-hydrogen) atoms. The molecule has 5 amide bonds. The number of hydrogen-bond acceptors (Lipinski definition) is 11. The van der Waals surface area contributed by atoms with Gasteiger partial charge in [-0.3, -0.25) is 34.4 Å². The van der Waals surface area contributed by atoms with Crippen LogP contribution in [0.3, 0.4) is 0 Å². The fourth-order valence-electron chi connectivity index (χ4n) is 7.71. The lowest BCUT2D eigenvalue weighted by molar-refractivity contribution is 0.0994. The van der Waals surface area contributed by atoms with Crippen LogP contribution in [0.15, 0.2) is 36.4 Å². The standard InChI is InChI=1S/C40H53N15O5/c1-5-54-31(20-25(3)48-54)36(57)46-39-45-29-24-51(38(42)59)16-10-30(29)52(39)14-7-8-15-53-34-28(44-40(53)47-37(58)32-21-26(4)49-55(32)6-2)22-27(35(41)56)23-33(34)60-19-9-13-50-17-11-43-12-18-50/h7-8,20-23,43H,5-6,9-19,24H2,1-4H3,(H2,41,56)(H2,42,59)(H,44,47,58)(H,45,46,57)/b8-7+. The predicted octanol–water partition coefficient (Wildman–Crippen LogP) is 2.25. The number of urea groups is 1. The number of ether oxygens (including phenoxy) is 1. The fourth-order valence-corrected chi connectivity index (χ4v) is 7.71. The van der Waals surface area contributed by atoms with Crippen LogP contribution in [-0.4, -0.2) is 118 Å². The Morgan fingerprint density at radius 1 is 0.833 bits per heavy atom. The third-order valence-electron chi connectivity index (χ3n) is 10.7. The molecule has 20 nitrogen and oxygen atoms in total. The van der Waals surface area contributed by atoms with E-state index in [1.54, 1.807) is 33.6 Å². The van der Waals surface area contributed by atoms with Crippen LogP contribution < -0.4 is 32.2 Å². The van der Waals surface area contributed by atoms with Crippen LogP contribution in [-0.2, 0) is 39.1 Å². The molecule has 0 aliphatic carbocycles. The van der Waals surface area contributed by atoms with E-state index in [9.17, 15) is 19.2 Å². The van der Waals surface area contributed by atoms with Crippen molar-refractivity contribution in [2.45, 2.75) is 73.3 Å². The van der Waals surface area contributed by atoms with Gasteiger partial charge in [0, 0.05) is 83.1 Å². The highest BCUT2D eigenvalue weighted by Gasteiger charge is 2.27. The number of benzene rings is 1. The summed E-state index contributed by atoms with van der Waals surface area (Å²) in [4.78, 5) is 65.4. The summed E-state index contributed by atoms with van der Waals surface area (Å²) in [5, 5.41) is 18.2. The molecule has 2 aliphatic rings. The normalized spacial score (nSPS) is 14.5. The van der Waals surface area contributed by atoms with Crippen molar-refractivity contribution in [1.29, 1.82) is 0 Å². The van der Waals surface area contributed by atoms with Gasteiger partial charge >= 0.3 is 6.03 Å². The summed E-state index contributed by atoms with van der Waals surface area (Å²) in [5.74, 6) is -0.437. The van der Waals surface area contributed by atoms with Crippen molar-refractivity contribution in [2.24, 2.45) is 11.5 Å². The average Bonchev–Trinajstić information content (AvgIpc) is 4.00. The zero-order chi connectivity index (χ0) is 42.5. The van der Waals surface area contributed by atoms with E-state index in [1.165, 1.54) is 4.90 Å². The first-order valence-corrected chi connectivity index (χ1v) is 20.3. The molecule has 2 aliphatic heterocycles. The summed E-state index contributed by atoms with van der Waals surface area (Å²) in [6.45, 7) is 14.7. The third kappa shape index (κ3) is 9.03. The van der Waals surface area contributed by atoms with Gasteiger partial charge in [0.2, 0.25) is 17.8 Å². The zero-order valence-electron chi connectivity index (χ0n) is 34.5. The number of carbonyl (C=O) groups excluding carboxylic acids is 4. The minimum atomic E-state index is -0.635. The maximum Gasteiger partial charge on any atom is 0.315 e. The van der Waals surface area contributed by atoms with Gasteiger partial charge < -0.3 is 40.5 Å².